The van der Waals surface area contributed by atoms with Crippen molar-refractivity contribution in [2.24, 2.45) is 0 Å². The maximum atomic E-state index is 12.8. The molecule has 8 heteroatoms. The van der Waals surface area contributed by atoms with Gasteiger partial charge in [-0.2, -0.15) is 8.42 Å². The molecule has 0 aliphatic carbocycles. The number of morpholine rings is 1. The van der Waals surface area contributed by atoms with Gasteiger partial charge >= 0.3 is 0 Å². The first-order valence-corrected chi connectivity index (χ1v) is 10.2. The van der Waals surface area contributed by atoms with Crippen molar-refractivity contribution in [3.05, 3.63) is 54.4 Å². The Balaban J connectivity index is 1.74. The summed E-state index contributed by atoms with van der Waals surface area (Å²) in [6, 6.07) is 10.8. The highest BCUT2D eigenvalue weighted by atomic mass is 32.2. The third-order valence-corrected chi connectivity index (χ3v) is 5.97. The largest absolute Gasteiger partial charge is 0.378 e. The van der Waals surface area contributed by atoms with E-state index in [4.69, 9.17) is 4.74 Å². The van der Waals surface area contributed by atoms with Crippen LogP contribution in [0.15, 0.2) is 53.8 Å². The van der Waals surface area contributed by atoms with Crippen LogP contribution in [0.1, 0.15) is 5.56 Å². The summed E-state index contributed by atoms with van der Waals surface area (Å²) in [5, 5.41) is 0.776. The molecule has 0 atom stereocenters. The Hall–Kier alpha value is -2.71. The van der Waals surface area contributed by atoms with E-state index < -0.39 is 10.0 Å². The summed E-state index contributed by atoms with van der Waals surface area (Å²) < 4.78 is 33.7. The fourth-order valence-corrected chi connectivity index (χ4v) is 4.42. The lowest BCUT2D eigenvalue weighted by Gasteiger charge is -2.28. The molecule has 1 fully saturated rings. The first kappa shape index (κ1) is 17.7. The molecule has 0 radical (unpaired) electrons. The van der Waals surface area contributed by atoms with Crippen LogP contribution in [0.25, 0.3) is 10.9 Å². The van der Waals surface area contributed by atoms with Gasteiger partial charge in [0.05, 0.1) is 36.3 Å². The molecule has 140 valence electrons. The first-order chi connectivity index (χ1) is 13.0. The van der Waals surface area contributed by atoms with Gasteiger partial charge in [0, 0.05) is 24.7 Å². The van der Waals surface area contributed by atoms with Crippen molar-refractivity contribution in [2.45, 2.75) is 11.9 Å². The second-order valence-corrected chi connectivity index (χ2v) is 7.99. The molecule has 1 aliphatic rings. The average Bonchev–Trinajstić information content (AvgIpc) is 2.68. The molecule has 1 saturated heterocycles. The number of fused-ring (bicyclic) bond motifs is 1. The molecule has 7 nitrogen and oxygen atoms in total. The zero-order valence-electron chi connectivity index (χ0n) is 14.9. The molecule has 1 N–H and O–H groups in total. The SMILES string of the molecule is Cc1cccnc1S(=O)(=O)Nc1cccc2ncc(N3CCOCC3)cc12. The molecule has 0 amide bonds. The number of pyridine rings is 2. The van der Waals surface area contributed by atoms with Gasteiger partial charge < -0.3 is 9.64 Å². The molecular formula is C19H20N4O3S. The predicted molar refractivity (Wildman–Crippen MR) is 105 cm³/mol. The van der Waals surface area contributed by atoms with Gasteiger partial charge in [0.1, 0.15) is 0 Å². The second-order valence-electron chi connectivity index (χ2n) is 6.40. The lowest BCUT2D eigenvalue weighted by Crippen LogP contribution is -2.36. The summed E-state index contributed by atoms with van der Waals surface area (Å²) >= 11 is 0. The summed E-state index contributed by atoms with van der Waals surface area (Å²) in [7, 11) is -3.80. The lowest BCUT2D eigenvalue weighted by molar-refractivity contribution is 0.122. The van der Waals surface area contributed by atoms with Crippen molar-refractivity contribution >= 4 is 32.3 Å². The Morgan fingerprint density at radius 3 is 2.70 bits per heavy atom. The number of hydrogen-bond acceptors (Lipinski definition) is 6. The summed E-state index contributed by atoms with van der Waals surface area (Å²) in [5.41, 5.74) is 2.76. The van der Waals surface area contributed by atoms with Crippen LogP contribution in [-0.2, 0) is 14.8 Å². The monoisotopic (exact) mass is 384 g/mol. The van der Waals surface area contributed by atoms with Crippen LogP contribution in [0.2, 0.25) is 0 Å². The molecule has 27 heavy (non-hydrogen) atoms. The minimum atomic E-state index is -3.80. The third kappa shape index (κ3) is 3.58. The van der Waals surface area contributed by atoms with E-state index in [1.165, 1.54) is 6.20 Å². The standard InChI is InChI=1S/C19H20N4O3S/c1-14-4-3-7-20-19(14)27(24,25)22-18-6-2-5-17-16(18)12-15(13-21-17)23-8-10-26-11-9-23/h2-7,12-13,22H,8-11H2,1H3. The molecule has 0 saturated carbocycles. The van der Waals surface area contributed by atoms with E-state index in [0.29, 0.717) is 24.5 Å². The number of benzene rings is 1. The zero-order chi connectivity index (χ0) is 18.9. The highest BCUT2D eigenvalue weighted by Crippen LogP contribution is 2.28. The molecule has 0 bridgehead atoms. The van der Waals surface area contributed by atoms with Crippen molar-refractivity contribution in [1.82, 2.24) is 9.97 Å². The van der Waals surface area contributed by atoms with Gasteiger partial charge in [0.2, 0.25) is 0 Å². The Labute approximate surface area is 158 Å². The maximum Gasteiger partial charge on any atom is 0.279 e. The third-order valence-electron chi connectivity index (χ3n) is 4.55. The molecule has 1 aliphatic heterocycles. The van der Waals surface area contributed by atoms with Crippen LogP contribution in [-0.4, -0.2) is 44.7 Å². The molecule has 1 aromatic carbocycles. The molecule has 3 aromatic rings. The minimum Gasteiger partial charge on any atom is -0.378 e. The van der Waals surface area contributed by atoms with E-state index in [1.807, 2.05) is 18.3 Å². The Morgan fingerprint density at radius 1 is 1.11 bits per heavy atom. The van der Waals surface area contributed by atoms with Crippen molar-refractivity contribution in [1.29, 1.82) is 0 Å². The van der Waals surface area contributed by atoms with Crippen molar-refractivity contribution in [3.63, 3.8) is 0 Å². The molecule has 0 spiro atoms. The Bertz CT molecular complexity index is 1080. The zero-order valence-corrected chi connectivity index (χ0v) is 15.7. The molecule has 3 heterocycles. The van der Waals surface area contributed by atoms with Gasteiger partial charge in [0.25, 0.3) is 10.0 Å². The van der Waals surface area contributed by atoms with Crippen LogP contribution in [0.5, 0.6) is 0 Å². The number of hydrogen-bond donors (Lipinski definition) is 1. The number of nitrogens with zero attached hydrogens (tertiary/aromatic N) is 3. The Morgan fingerprint density at radius 2 is 1.93 bits per heavy atom. The van der Waals surface area contributed by atoms with E-state index in [9.17, 15) is 8.42 Å². The summed E-state index contributed by atoms with van der Waals surface area (Å²) in [4.78, 5) is 10.7. The van der Waals surface area contributed by atoms with Crippen LogP contribution >= 0.6 is 0 Å². The van der Waals surface area contributed by atoms with Crippen LogP contribution < -0.4 is 9.62 Å². The van der Waals surface area contributed by atoms with Gasteiger partial charge in [-0.25, -0.2) is 4.98 Å². The molecule has 0 unspecified atom stereocenters. The number of rotatable bonds is 4. The molecule has 4 rings (SSSR count). The van der Waals surface area contributed by atoms with Gasteiger partial charge in [-0.3, -0.25) is 9.71 Å². The number of sulfonamides is 1. The van der Waals surface area contributed by atoms with E-state index in [2.05, 4.69) is 19.6 Å². The van der Waals surface area contributed by atoms with E-state index in [0.717, 1.165) is 29.7 Å². The van der Waals surface area contributed by atoms with Crippen molar-refractivity contribution in [2.75, 3.05) is 35.9 Å². The normalized spacial score (nSPS) is 15.1. The fourth-order valence-electron chi connectivity index (χ4n) is 3.17. The predicted octanol–water partition coefficient (Wildman–Crippen LogP) is 2.58. The molecular weight excluding hydrogens is 364 g/mol. The van der Waals surface area contributed by atoms with E-state index in [1.54, 1.807) is 31.2 Å². The summed E-state index contributed by atoms with van der Waals surface area (Å²) in [6.07, 6.45) is 3.29. The van der Waals surface area contributed by atoms with E-state index >= 15 is 0 Å². The van der Waals surface area contributed by atoms with Gasteiger partial charge in [0.15, 0.2) is 5.03 Å². The van der Waals surface area contributed by atoms with Gasteiger partial charge in [-0.15, -0.1) is 0 Å². The topological polar surface area (TPSA) is 84.4 Å². The maximum absolute atomic E-state index is 12.8. The highest BCUT2D eigenvalue weighted by molar-refractivity contribution is 7.92. The second kappa shape index (κ2) is 7.13. The van der Waals surface area contributed by atoms with E-state index in [-0.39, 0.29) is 5.03 Å². The van der Waals surface area contributed by atoms with Gasteiger partial charge in [-0.1, -0.05) is 12.1 Å². The summed E-state index contributed by atoms with van der Waals surface area (Å²) in [6.45, 7) is 4.64. The molecule has 2 aromatic heterocycles. The summed E-state index contributed by atoms with van der Waals surface area (Å²) in [5.74, 6) is 0. The smallest absolute Gasteiger partial charge is 0.279 e. The fraction of sp³-hybridized carbons (Fsp3) is 0.263. The van der Waals surface area contributed by atoms with Crippen LogP contribution in [0.4, 0.5) is 11.4 Å². The average molecular weight is 384 g/mol. The number of anilines is 2. The number of aromatic nitrogens is 2. The van der Waals surface area contributed by atoms with Gasteiger partial charge in [-0.05, 0) is 36.8 Å². The van der Waals surface area contributed by atoms with Crippen LogP contribution in [0, 0.1) is 6.92 Å². The number of aryl methyl sites for hydroxylation is 1. The first-order valence-electron chi connectivity index (χ1n) is 8.70. The number of nitrogens with one attached hydrogen (secondary N) is 1. The Kier molecular flexibility index (Phi) is 4.67. The number of ether oxygens (including phenoxy) is 1. The van der Waals surface area contributed by atoms with Crippen molar-refractivity contribution in [3.8, 4) is 0 Å². The highest BCUT2D eigenvalue weighted by Gasteiger charge is 2.20. The lowest BCUT2D eigenvalue weighted by atomic mass is 10.1. The minimum absolute atomic E-state index is 0.0271. The van der Waals surface area contributed by atoms with Crippen molar-refractivity contribution < 1.29 is 13.2 Å². The van der Waals surface area contributed by atoms with Crippen LogP contribution in [0.3, 0.4) is 0 Å². The quantitative estimate of drug-likeness (QED) is 0.744.